The van der Waals surface area contributed by atoms with Crippen LogP contribution < -0.4 is 5.73 Å². The molecular weight excluding hydrogens is 391 g/mol. The highest BCUT2D eigenvalue weighted by atomic mass is 35.5. The molecule has 0 bridgehead atoms. The van der Waals surface area contributed by atoms with Gasteiger partial charge < -0.3 is 10.5 Å². The summed E-state index contributed by atoms with van der Waals surface area (Å²) in [5, 5.41) is 11.1. The summed E-state index contributed by atoms with van der Waals surface area (Å²) in [7, 11) is 0. The molecule has 0 aromatic heterocycles. The van der Waals surface area contributed by atoms with Gasteiger partial charge >= 0.3 is 0 Å². The van der Waals surface area contributed by atoms with Crippen molar-refractivity contribution in [2.24, 2.45) is 5.73 Å². The average Bonchev–Trinajstić information content (AvgIpc) is 2.68. The Morgan fingerprint density at radius 1 is 1.07 bits per heavy atom. The molecule has 0 saturated carbocycles. The van der Waals surface area contributed by atoms with Gasteiger partial charge in [-0.15, -0.1) is 0 Å². The van der Waals surface area contributed by atoms with Gasteiger partial charge in [0.2, 0.25) is 5.88 Å². The second-order valence-corrected chi connectivity index (χ2v) is 7.78. The normalized spacial score (nSPS) is 20.6. The third kappa shape index (κ3) is 3.54. The number of ether oxygens (including phenoxy) is 1. The molecule has 1 heterocycles. The molecule has 1 atom stereocenters. The molecule has 0 saturated heterocycles. The Kier molecular flexibility index (Phi) is 5.17. The lowest BCUT2D eigenvalue weighted by molar-refractivity contribution is 0.277. The minimum atomic E-state index is -0.214. The molecular formula is C23H18Cl2N2O. The minimum Gasteiger partial charge on any atom is -0.440 e. The summed E-state index contributed by atoms with van der Waals surface area (Å²) in [5.41, 5.74) is 10.8. The molecule has 2 aromatic rings. The molecule has 5 heteroatoms. The van der Waals surface area contributed by atoms with Crippen LogP contribution in [-0.2, 0) is 4.74 Å². The van der Waals surface area contributed by atoms with E-state index in [9.17, 15) is 5.26 Å². The van der Waals surface area contributed by atoms with Gasteiger partial charge in [0.15, 0.2) is 0 Å². The van der Waals surface area contributed by atoms with E-state index in [1.165, 1.54) is 0 Å². The van der Waals surface area contributed by atoms with Crippen LogP contribution in [0, 0.1) is 11.3 Å². The van der Waals surface area contributed by atoms with E-state index >= 15 is 0 Å². The SMILES string of the molecule is N#CC1=C(N)OC2=C(CCC/C2=C\c2cccc(Cl)c2)C1c1ccc(Cl)cc1. The molecule has 2 N–H and O–H groups in total. The van der Waals surface area contributed by atoms with Crippen LogP contribution in [-0.4, -0.2) is 0 Å². The number of nitrogens with two attached hydrogens (primary N) is 1. The van der Waals surface area contributed by atoms with Crippen molar-refractivity contribution in [2.45, 2.75) is 25.2 Å². The van der Waals surface area contributed by atoms with Gasteiger partial charge in [0.25, 0.3) is 0 Å². The quantitative estimate of drug-likeness (QED) is 0.631. The van der Waals surface area contributed by atoms with Crippen LogP contribution in [0.3, 0.4) is 0 Å². The number of hydrogen-bond acceptors (Lipinski definition) is 3. The number of nitriles is 1. The van der Waals surface area contributed by atoms with E-state index in [-0.39, 0.29) is 11.8 Å². The summed E-state index contributed by atoms with van der Waals surface area (Å²) in [6, 6.07) is 17.5. The van der Waals surface area contributed by atoms with Crippen molar-refractivity contribution in [3.05, 3.63) is 98.1 Å². The van der Waals surface area contributed by atoms with Crippen LogP contribution >= 0.6 is 23.2 Å². The molecule has 28 heavy (non-hydrogen) atoms. The van der Waals surface area contributed by atoms with Crippen LogP contribution in [0.5, 0.6) is 0 Å². The fourth-order valence-corrected chi connectivity index (χ4v) is 4.19. The molecule has 1 unspecified atom stereocenters. The van der Waals surface area contributed by atoms with Gasteiger partial charge in [-0.3, -0.25) is 0 Å². The molecule has 1 aliphatic carbocycles. The molecule has 1 aliphatic heterocycles. The Labute approximate surface area is 174 Å². The maximum absolute atomic E-state index is 9.72. The van der Waals surface area contributed by atoms with Gasteiger partial charge in [-0.25, -0.2) is 0 Å². The van der Waals surface area contributed by atoms with Crippen molar-refractivity contribution in [1.82, 2.24) is 0 Å². The highest BCUT2D eigenvalue weighted by Crippen LogP contribution is 2.46. The first kappa shape index (κ1) is 18.7. The summed E-state index contributed by atoms with van der Waals surface area (Å²) >= 11 is 12.2. The van der Waals surface area contributed by atoms with Gasteiger partial charge in [-0.05, 0) is 71.9 Å². The second-order valence-electron chi connectivity index (χ2n) is 6.91. The van der Waals surface area contributed by atoms with Gasteiger partial charge in [0, 0.05) is 16.0 Å². The lowest BCUT2D eigenvalue weighted by Gasteiger charge is -2.33. The fourth-order valence-electron chi connectivity index (χ4n) is 3.87. The smallest absolute Gasteiger partial charge is 0.205 e. The highest BCUT2D eigenvalue weighted by molar-refractivity contribution is 6.30. The van der Waals surface area contributed by atoms with Crippen molar-refractivity contribution in [3.8, 4) is 6.07 Å². The summed E-state index contributed by atoms with van der Waals surface area (Å²) < 4.78 is 5.97. The Balaban J connectivity index is 1.83. The second kappa shape index (κ2) is 7.75. The van der Waals surface area contributed by atoms with Crippen molar-refractivity contribution in [1.29, 1.82) is 5.26 Å². The van der Waals surface area contributed by atoms with Crippen molar-refractivity contribution < 1.29 is 4.74 Å². The van der Waals surface area contributed by atoms with Crippen LogP contribution in [0.25, 0.3) is 6.08 Å². The van der Waals surface area contributed by atoms with Crippen molar-refractivity contribution >= 4 is 29.3 Å². The van der Waals surface area contributed by atoms with E-state index in [0.717, 1.165) is 47.3 Å². The zero-order valence-corrected chi connectivity index (χ0v) is 16.6. The molecule has 140 valence electrons. The van der Waals surface area contributed by atoms with Gasteiger partial charge in [-0.2, -0.15) is 5.26 Å². The highest BCUT2D eigenvalue weighted by Gasteiger charge is 2.35. The zero-order chi connectivity index (χ0) is 19.7. The van der Waals surface area contributed by atoms with Crippen LogP contribution in [0.2, 0.25) is 10.0 Å². The first-order valence-electron chi connectivity index (χ1n) is 9.09. The van der Waals surface area contributed by atoms with E-state index in [4.69, 9.17) is 33.7 Å². The zero-order valence-electron chi connectivity index (χ0n) is 15.1. The standard InChI is InChI=1S/C23H18Cl2N2O/c24-17-9-7-15(8-10-17)21-19-6-2-4-16(11-14-3-1-5-18(25)12-14)22(19)28-23(27)20(21)13-26/h1,3,5,7-12,21H,2,4,6,27H2/b16-11+. The third-order valence-corrected chi connectivity index (χ3v) is 5.59. The number of hydrogen-bond donors (Lipinski definition) is 1. The predicted molar refractivity (Wildman–Crippen MR) is 112 cm³/mol. The molecule has 0 amide bonds. The number of allylic oxidation sites excluding steroid dienone is 3. The first-order valence-corrected chi connectivity index (χ1v) is 9.85. The van der Waals surface area contributed by atoms with Crippen LogP contribution in [0.1, 0.15) is 36.3 Å². The lowest BCUT2D eigenvalue weighted by Crippen LogP contribution is -2.23. The third-order valence-electron chi connectivity index (χ3n) is 5.10. The Hall–Kier alpha value is -2.67. The maximum atomic E-state index is 9.72. The molecule has 3 nitrogen and oxygen atoms in total. The number of benzene rings is 2. The summed E-state index contributed by atoms with van der Waals surface area (Å²) in [5.74, 6) is 0.733. The summed E-state index contributed by atoms with van der Waals surface area (Å²) in [6.45, 7) is 0. The van der Waals surface area contributed by atoms with E-state index in [1.54, 1.807) is 0 Å². The van der Waals surface area contributed by atoms with Crippen molar-refractivity contribution in [2.75, 3.05) is 0 Å². The topological polar surface area (TPSA) is 59.0 Å². The van der Waals surface area contributed by atoms with E-state index in [0.29, 0.717) is 15.6 Å². The van der Waals surface area contributed by atoms with E-state index in [1.807, 2.05) is 48.5 Å². The van der Waals surface area contributed by atoms with Gasteiger partial charge in [0.1, 0.15) is 17.4 Å². The fraction of sp³-hybridized carbons (Fsp3) is 0.174. The number of nitrogens with zero attached hydrogens (tertiary/aromatic N) is 1. The number of rotatable bonds is 2. The predicted octanol–water partition coefficient (Wildman–Crippen LogP) is 6.32. The monoisotopic (exact) mass is 408 g/mol. The first-order chi connectivity index (χ1) is 13.6. The van der Waals surface area contributed by atoms with Gasteiger partial charge in [0.05, 0.1) is 0 Å². The Morgan fingerprint density at radius 3 is 2.57 bits per heavy atom. The molecule has 2 aromatic carbocycles. The summed E-state index contributed by atoms with van der Waals surface area (Å²) in [4.78, 5) is 0. The van der Waals surface area contributed by atoms with Gasteiger partial charge in [-0.1, -0.05) is 47.5 Å². The Bertz CT molecular complexity index is 1060. The Morgan fingerprint density at radius 2 is 1.86 bits per heavy atom. The van der Waals surface area contributed by atoms with Crippen LogP contribution in [0.4, 0.5) is 0 Å². The summed E-state index contributed by atoms with van der Waals surface area (Å²) in [6.07, 6.45) is 4.81. The van der Waals surface area contributed by atoms with Crippen LogP contribution in [0.15, 0.2) is 76.9 Å². The average molecular weight is 409 g/mol. The minimum absolute atomic E-state index is 0.167. The van der Waals surface area contributed by atoms with E-state index < -0.39 is 0 Å². The van der Waals surface area contributed by atoms with Crippen molar-refractivity contribution in [3.63, 3.8) is 0 Å². The molecule has 4 rings (SSSR count). The molecule has 0 radical (unpaired) electrons. The largest absolute Gasteiger partial charge is 0.440 e. The molecule has 0 spiro atoms. The maximum Gasteiger partial charge on any atom is 0.205 e. The molecule has 2 aliphatic rings. The lowest BCUT2D eigenvalue weighted by atomic mass is 9.77. The molecule has 0 fully saturated rings. The number of halogens is 2. The van der Waals surface area contributed by atoms with E-state index in [2.05, 4.69) is 12.1 Å².